The van der Waals surface area contributed by atoms with Crippen molar-refractivity contribution in [2.75, 3.05) is 18.1 Å². The Labute approximate surface area is 88.8 Å². The highest BCUT2D eigenvalue weighted by Crippen LogP contribution is 1.93. The van der Waals surface area contributed by atoms with E-state index in [0.29, 0.717) is 11.5 Å². The van der Waals surface area contributed by atoms with E-state index in [-0.39, 0.29) is 18.3 Å². The number of thiol groups is 3. The first-order valence-corrected chi connectivity index (χ1v) is 5.09. The third-order valence-electron chi connectivity index (χ3n) is 0.747. The number of aliphatic carboxylic acids is 1. The van der Waals surface area contributed by atoms with E-state index >= 15 is 0 Å². The van der Waals surface area contributed by atoms with Gasteiger partial charge in [-0.2, -0.15) is 37.9 Å². The Morgan fingerprint density at radius 2 is 1.92 bits per heavy atom. The van der Waals surface area contributed by atoms with Crippen LogP contribution in [-0.4, -0.2) is 39.5 Å². The van der Waals surface area contributed by atoms with E-state index in [2.05, 4.69) is 37.9 Å². The first kappa shape index (κ1) is 15.0. The van der Waals surface area contributed by atoms with Gasteiger partial charge >= 0.3 is 5.97 Å². The number of carbonyl (C=O) groups is 1. The molecule has 0 fully saturated rings. The Morgan fingerprint density at radius 1 is 1.42 bits per heavy atom. The van der Waals surface area contributed by atoms with Crippen LogP contribution >= 0.6 is 37.9 Å². The lowest BCUT2D eigenvalue weighted by molar-refractivity contribution is -0.136. The molecule has 0 aliphatic carbocycles. The van der Waals surface area contributed by atoms with Crippen molar-refractivity contribution >= 4 is 43.9 Å². The van der Waals surface area contributed by atoms with E-state index in [1.807, 2.05) is 0 Å². The van der Waals surface area contributed by atoms with Crippen LogP contribution in [0.25, 0.3) is 0 Å². The Hall–Kier alpha value is 0.480. The molecular formula is C6H14O3S3. The lowest BCUT2D eigenvalue weighted by Crippen LogP contribution is -2.04. The molecule has 74 valence electrons. The molecule has 0 aliphatic rings. The summed E-state index contributed by atoms with van der Waals surface area (Å²) in [6, 6.07) is 0. The van der Waals surface area contributed by atoms with E-state index in [1.165, 1.54) is 0 Å². The molecule has 12 heavy (non-hydrogen) atoms. The summed E-state index contributed by atoms with van der Waals surface area (Å²) >= 11 is 11.4. The highest BCUT2D eigenvalue weighted by atomic mass is 32.1. The second-order valence-corrected chi connectivity index (χ2v) is 3.43. The summed E-state index contributed by atoms with van der Waals surface area (Å²) in [7, 11) is 0. The zero-order valence-corrected chi connectivity index (χ0v) is 9.23. The molecule has 0 aliphatic heterocycles. The molecule has 1 atom stereocenters. The number of carboxylic acid groups (broad SMARTS) is 1. The fourth-order valence-corrected chi connectivity index (χ4v) is 0.460. The van der Waals surface area contributed by atoms with Crippen LogP contribution in [0.4, 0.5) is 0 Å². The summed E-state index contributed by atoms with van der Waals surface area (Å²) in [6.45, 7) is 0.118. The maximum absolute atomic E-state index is 9.55. The molecule has 0 saturated heterocycles. The van der Waals surface area contributed by atoms with Gasteiger partial charge in [0, 0.05) is 16.8 Å². The van der Waals surface area contributed by atoms with Crippen molar-refractivity contribution in [1.82, 2.24) is 0 Å². The molecule has 6 heteroatoms. The molecule has 3 nitrogen and oxygen atoms in total. The second-order valence-electron chi connectivity index (χ2n) is 1.89. The minimum atomic E-state index is -0.787. The molecule has 0 aromatic heterocycles. The van der Waals surface area contributed by atoms with Crippen molar-refractivity contribution in [3.8, 4) is 0 Å². The van der Waals surface area contributed by atoms with Gasteiger partial charge in [-0.1, -0.05) is 0 Å². The maximum atomic E-state index is 9.55. The lowest BCUT2D eigenvalue weighted by atomic mass is 10.5. The SMILES string of the molecule is O=C(O)CCS.OCC(S)CS. The Kier molecular flexibility index (Phi) is 14.3. The number of aliphatic hydroxyl groups is 1. The van der Waals surface area contributed by atoms with Crippen LogP contribution in [0.15, 0.2) is 0 Å². The highest BCUT2D eigenvalue weighted by molar-refractivity contribution is 7.84. The van der Waals surface area contributed by atoms with Gasteiger partial charge < -0.3 is 10.2 Å². The van der Waals surface area contributed by atoms with Crippen LogP contribution in [-0.2, 0) is 4.79 Å². The minimum Gasteiger partial charge on any atom is -0.481 e. The predicted octanol–water partition coefficient (Wildman–Crippen LogP) is 0.598. The van der Waals surface area contributed by atoms with Crippen LogP contribution in [0.5, 0.6) is 0 Å². The normalized spacial score (nSPS) is 11.3. The molecule has 0 radical (unpaired) electrons. The fourth-order valence-electron chi connectivity index (χ4n) is 0.153. The molecule has 0 aromatic rings. The molecule has 0 aromatic carbocycles. The maximum Gasteiger partial charge on any atom is 0.304 e. The first-order chi connectivity index (χ1) is 5.58. The third-order valence-corrected chi connectivity index (χ3v) is 2.05. The van der Waals surface area contributed by atoms with Crippen molar-refractivity contribution in [3.63, 3.8) is 0 Å². The van der Waals surface area contributed by atoms with E-state index in [4.69, 9.17) is 10.2 Å². The van der Waals surface area contributed by atoms with Crippen molar-refractivity contribution in [2.45, 2.75) is 11.7 Å². The summed E-state index contributed by atoms with van der Waals surface area (Å²) in [5.74, 6) is 0.277. The van der Waals surface area contributed by atoms with Gasteiger partial charge in [-0.25, -0.2) is 0 Å². The average Bonchev–Trinajstić information content (AvgIpc) is 2.04. The Morgan fingerprint density at radius 3 is 1.92 bits per heavy atom. The van der Waals surface area contributed by atoms with Gasteiger partial charge in [-0.05, 0) is 0 Å². The van der Waals surface area contributed by atoms with E-state index < -0.39 is 5.97 Å². The number of hydrogen-bond acceptors (Lipinski definition) is 5. The Balaban J connectivity index is 0. The van der Waals surface area contributed by atoms with Crippen LogP contribution in [0.1, 0.15) is 6.42 Å². The van der Waals surface area contributed by atoms with Gasteiger partial charge in [-0.3, -0.25) is 4.79 Å². The lowest BCUT2D eigenvalue weighted by Gasteiger charge is -1.96. The van der Waals surface area contributed by atoms with Crippen molar-refractivity contribution in [2.24, 2.45) is 0 Å². The second kappa shape index (κ2) is 11.5. The quantitative estimate of drug-likeness (QED) is 0.460. The van der Waals surface area contributed by atoms with Crippen molar-refractivity contribution < 1.29 is 15.0 Å². The zero-order valence-electron chi connectivity index (χ0n) is 6.55. The molecule has 1 unspecified atom stereocenters. The fraction of sp³-hybridized carbons (Fsp3) is 0.833. The standard InChI is InChI=1S/C3H6O2S.C3H8OS2/c4-3(5)1-2-6;4-1-3(6)2-5/h6H,1-2H2,(H,4,5);3-6H,1-2H2. The molecule has 0 heterocycles. The predicted molar refractivity (Wildman–Crippen MR) is 59.8 cm³/mol. The number of hydrogen-bond donors (Lipinski definition) is 5. The van der Waals surface area contributed by atoms with Gasteiger partial charge in [0.25, 0.3) is 0 Å². The minimum absolute atomic E-state index is 0.0494. The van der Waals surface area contributed by atoms with Gasteiger partial charge in [0.05, 0.1) is 13.0 Å². The summed E-state index contributed by atoms with van der Waals surface area (Å²) < 4.78 is 0. The topological polar surface area (TPSA) is 57.5 Å². The Bertz CT molecular complexity index is 106. The first-order valence-electron chi connectivity index (χ1n) is 3.30. The molecule has 0 saturated carbocycles. The molecule has 0 amide bonds. The molecular weight excluding hydrogens is 216 g/mol. The molecule has 2 N–H and O–H groups in total. The largest absolute Gasteiger partial charge is 0.481 e. The summed E-state index contributed by atoms with van der Waals surface area (Å²) in [5.41, 5.74) is 0. The summed E-state index contributed by atoms with van der Waals surface area (Å²) in [4.78, 5) is 9.55. The smallest absolute Gasteiger partial charge is 0.304 e. The zero-order chi connectivity index (χ0) is 9.98. The summed E-state index contributed by atoms with van der Waals surface area (Å²) in [5, 5.41) is 16.1. The van der Waals surface area contributed by atoms with Crippen molar-refractivity contribution in [1.29, 1.82) is 0 Å². The molecule has 0 bridgehead atoms. The summed E-state index contributed by atoms with van der Waals surface area (Å²) in [6.07, 6.45) is 0.156. The van der Waals surface area contributed by atoms with E-state index in [1.54, 1.807) is 0 Å². The number of carboxylic acids is 1. The van der Waals surface area contributed by atoms with E-state index in [9.17, 15) is 4.79 Å². The van der Waals surface area contributed by atoms with Crippen LogP contribution in [0, 0.1) is 0 Å². The average molecular weight is 230 g/mol. The molecule has 0 rings (SSSR count). The van der Waals surface area contributed by atoms with E-state index in [0.717, 1.165) is 0 Å². The van der Waals surface area contributed by atoms with Crippen molar-refractivity contribution in [3.05, 3.63) is 0 Å². The van der Waals surface area contributed by atoms with Gasteiger partial charge in [0.1, 0.15) is 0 Å². The number of aliphatic hydroxyl groups excluding tert-OH is 1. The number of rotatable bonds is 4. The van der Waals surface area contributed by atoms with Crippen LogP contribution < -0.4 is 0 Å². The third kappa shape index (κ3) is 16.8. The monoisotopic (exact) mass is 230 g/mol. The van der Waals surface area contributed by atoms with Crippen LogP contribution in [0.3, 0.4) is 0 Å². The molecule has 0 spiro atoms. The van der Waals surface area contributed by atoms with Gasteiger partial charge in [0.15, 0.2) is 0 Å². The van der Waals surface area contributed by atoms with Gasteiger partial charge in [-0.15, -0.1) is 0 Å². The highest BCUT2D eigenvalue weighted by Gasteiger charge is 1.92. The van der Waals surface area contributed by atoms with Crippen LogP contribution in [0.2, 0.25) is 0 Å². The van der Waals surface area contributed by atoms with Gasteiger partial charge in [0.2, 0.25) is 0 Å².